The van der Waals surface area contributed by atoms with Crippen LogP contribution in [-0.4, -0.2) is 29.3 Å². The van der Waals surface area contributed by atoms with Crippen molar-refractivity contribution in [2.45, 2.75) is 39.3 Å². The first-order valence-electron chi connectivity index (χ1n) is 7.08. The Morgan fingerprint density at radius 3 is 2.32 bits per heavy atom. The number of hydrogen-bond acceptors (Lipinski definition) is 4. The van der Waals surface area contributed by atoms with Crippen molar-refractivity contribution in [2.24, 2.45) is 0 Å². The Morgan fingerprint density at radius 2 is 1.73 bits per heavy atom. The van der Waals surface area contributed by atoms with Crippen LogP contribution in [0, 0.1) is 0 Å². The molecule has 0 aromatic heterocycles. The Morgan fingerprint density at radius 1 is 1.14 bits per heavy atom. The molecule has 0 saturated carbocycles. The van der Waals surface area contributed by atoms with E-state index >= 15 is 0 Å². The van der Waals surface area contributed by atoms with Gasteiger partial charge in [-0.1, -0.05) is 24.3 Å². The summed E-state index contributed by atoms with van der Waals surface area (Å²) in [5, 5.41) is 2.59. The SMILES string of the molecule is CC(NC(=O)OC(C)(C)C)C1=CC(=O)c2ccccc2C1=O. The van der Waals surface area contributed by atoms with Crippen LogP contribution < -0.4 is 5.32 Å². The van der Waals surface area contributed by atoms with Crippen molar-refractivity contribution in [3.8, 4) is 0 Å². The quantitative estimate of drug-likeness (QED) is 0.911. The molecule has 1 aliphatic carbocycles. The molecule has 1 amide bonds. The first kappa shape index (κ1) is 15.9. The Bertz CT molecular complexity index is 667. The number of nitrogens with one attached hydrogen (secondary N) is 1. The van der Waals surface area contributed by atoms with Crippen LogP contribution in [0.4, 0.5) is 4.79 Å². The van der Waals surface area contributed by atoms with Gasteiger partial charge >= 0.3 is 6.09 Å². The molecule has 1 atom stereocenters. The number of benzene rings is 1. The molecule has 1 aromatic carbocycles. The molecule has 0 radical (unpaired) electrons. The van der Waals surface area contributed by atoms with Gasteiger partial charge in [0.15, 0.2) is 11.6 Å². The maximum absolute atomic E-state index is 12.5. The molecular formula is C17H19NO4. The van der Waals surface area contributed by atoms with Crippen LogP contribution in [0.15, 0.2) is 35.9 Å². The van der Waals surface area contributed by atoms with Crippen molar-refractivity contribution in [3.63, 3.8) is 0 Å². The van der Waals surface area contributed by atoms with Crippen LogP contribution >= 0.6 is 0 Å². The number of carbonyl (C=O) groups is 3. The fraction of sp³-hybridized carbons (Fsp3) is 0.353. The number of allylic oxidation sites excluding steroid dienone is 1. The molecule has 0 fully saturated rings. The first-order chi connectivity index (χ1) is 10.2. The molecule has 2 rings (SSSR count). The number of fused-ring (bicyclic) bond motifs is 1. The summed E-state index contributed by atoms with van der Waals surface area (Å²) in [6.07, 6.45) is 0.659. The lowest BCUT2D eigenvalue weighted by atomic mass is 9.87. The first-order valence-corrected chi connectivity index (χ1v) is 7.08. The Kier molecular flexibility index (Phi) is 4.17. The molecule has 0 aliphatic heterocycles. The van der Waals surface area contributed by atoms with E-state index in [9.17, 15) is 14.4 Å². The molecule has 1 unspecified atom stereocenters. The monoisotopic (exact) mass is 301 g/mol. The number of amides is 1. The highest BCUT2D eigenvalue weighted by Gasteiger charge is 2.29. The van der Waals surface area contributed by atoms with Crippen molar-refractivity contribution in [3.05, 3.63) is 47.0 Å². The number of Topliss-reactive ketones (excluding diaryl/α,β-unsaturated/α-hetero) is 1. The van der Waals surface area contributed by atoms with Crippen LogP contribution in [0.2, 0.25) is 0 Å². The fourth-order valence-electron chi connectivity index (χ4n) is 2.22. The zero-order valence-electron chi connectivity index (χ0n) is 13.1. The lowest BCUT2D eigenvalue weighted by Gasteiger charge is -2.24. The molecule has 1 N–H and O–H groups in total. The highest BCUT2D eigenvalue weighted by molar-refractivity contribution is 6.25. The molecule has 0 bridgehead atoms. The normalized spacial score (nSPS) is 15.7. The average Bonchev–Trinajstić information content (AvgIpc) is 2.40. The molecule has 1 aromatic rings. The van der Waals surface area contributed by atoms with Crippen molar-refractivity contribution < 1.29 is 19.1 Å². The van der Waals surface area contributed by atoms with Crippen LogP contribution in [0.3, 0.4) is 0 Å². The molecule has 116 valence electrons. The molecule has 5 nitrogen and oxygen atoms in total. The zero-order chi connectivity index (χ0) is 16.5. The summed E-state index contributed by atoms with van der Waals surface area (Å²) in [5.41, 5.74) is 0.384. The summed E-state index contributed by atoms with van der Waals surface area (Å²) in [5.74, 6) is -0.484. The van der Waals surface area contributed by atoms with Gasteiger partial charge in [-0.25, -0.2) is 4.79 Å². The summed E-state index contributed by atoms with van der Waals surface area (Å²) in [7, 11) is 0. The van der Waals surface area contributed by atoms with Gasteiger partial charge in [0.05, 0.1) is 6.04 Å². The van der Waals surface area contributed by atoms with E-state index in [1.54, 1.807) is 52.0 Å². The maximum Gasteiger partial charge on any atom is 0.408 e. The van der Waals surface area contributed by atoms with Gasteiger partial charge in [0.1, 0.15) is 5.60 Å². The van der Waals surface area contributed by atoms with Crippen LogP contribution in [0.1, 0.15) is 48.4 Å². The van der Waals surface area contributed by atoms with Crippen molar-refractivity contribution >= 4 is 17.7 Å². The van der Waals surface area contributed by atoms with Gasteiger partial charge in [0.2, 0.25) is 0 Å². The number of ether oxygens (including phenoxy) is 1. The number of alkyl carbamates (subject to hydrolysis) is 1. The van der Waals surface area contributed by atoms with Gasteiger partial charge in [-0.15, -0.1) is 0 Å². The van der Waals surface area contributed by atoms with E-state index in [1.165, 1.54) is 6.08 Å². The Labute approximate surface area is 129 Å². The minimum absolute atomic E-state index is 0.233. The second-order valence-electron chi connectivity index (χ2n) is 6.21. The molecule has 0 spiro atoms. The zero-order valence-corrected chi connectivity index (χ0v) is 13.1. The van der Waals surface area contributed by atoms with E-state index in [2.05, 4.69) is 5.32 Å². The minimum atomic E-state index is -0.628. The summed E-state index contributed by atoms with van der Waals surface area (Å²) in [6, 6.07) is 6.04. The van der Waals surface area contributed by atoms with Gasteiger partial charge in [-0.05, 0) is 33.8 Å². The Hall–Kier alpha value is -2.43. The molecule has 0 saturated heterocycles. The highest BCUT2D eigenvalue weighted by atomic mass is 16.6. The van der Waals surface area contributed by atoms with E-state index in [1.807, 2.05) is 0 Å². The second-order valence-corrected chi connectivity index (χ2v) is 6.21. The van der Waals surface area contributed by atoms with Gasteiger partial charge in [-0.3, -0.25) is 9.59 Å². The van der Waals surface area contributed by atoms with Gasteiger partial charge in [0, 0.05) is 16.7 Å². The number of ketones is 2. The number of hydrogen-bond donors (Lipinski definition) is 1. The lowest BCUT2D eigenvalue weighted by molar-refractivity contribution is 0.0515. The van der Waals surface area contributed by atoms with Crippen LogP contribution in [0.25, 0.3) is 0 Å². The van der Waals surface area contributed by atoms with Crippen molar-refractivity contribution in [1.82, 2.24) is 5.32 Å². The number of carbonyl (C=O) groups excluding carboxylic acids is 3. The van der Waals surface area contributed by atoms with Gasteiger partial charge in [-0.2, -0.15) is 0 Å². The summed E-state index contributed by atoms with van der Waals surface area (Å²) in [6.45, 7) is 6.90. The number of rotatable bonds is 2. The predicted molar refractivity (Wildman–Crippen MR) is 82.0 cm³/mol. The standard InChI is InChI=1S/C17H19NO4/c1-10(18-16(21)22-17(2,3)4)13-9-14(19)11-7-5-6-8-12(11)15(13)20/h5-10H,1-4H3,(H,18,21). The van der Waals surface area contributed by atoms with Crippen LogP contribution in [-0.2, 0) is 4.74 Å². The fourth-order valence-corrected chi connectivity index (χ4v) is 2.22. The third-order valence-corrected chi connectivity index (χ3v) is 3.19. The molecule has 5 heteroatoms. The summed E-state index contributed by atoms with van der Waals surface area (Å²) < 4.78 is 5.16. The molecule has 22 heavy (non-hydrogen) atoms. The highest BCUT2D eigenvalue weighted by Crippen LogP contribution is 2.23. The van der Waals surface area contributed by atoms with E-state index in [-0.39, 0.29) is 17.1 Å². The van der Waals surface area contributed by atoms with Crippen LogP contribution in [0.5, 0.6) is 0 Å². The van der Waals surface area contributed by atoms with E-state index in [4.69, 9.17) is 4.74 Å². The maximum atomic E-state index is 12.5. The lowest BCUT2D eigenvalue weighted by Crippen LogP contribution is -2.41. The van der Waals surface area contributed by atoms with E-state index in [0.29, 0.717) is 11.1 Å². The van der Waals surface area contributed by atoms with Crippen molar-refractivity contribution in [2.75, 3.05) is 0 Å². The van der Waals surface area contributed by atoms with Crippen molar-refractivity contribution in [1.29, 1.82) is 0 Å². The van der Waals surface area contributed by atoms with Gasteiger partial charge < -0.3 is 10.1 Å². The van der Waals surface area contributed by atoms with E-state index in [0.717, 1.165) is 0 Å². The molecule has 1 aliphatic rings. The molecular weight excluding hydrogens is 282 g/mol. The topological polar surface area (TPSA) is 72.5 Å². The predicted octanol–water partition coefficient (Wildman–Crippen LogP) is 2.91. The molecule has 0 heterocycles. The van der Waals surface area contributed by atoms with E-state index < -0.39 is 17.7 Å². The largest absolute Gasteiger partial charge is 0.444 e. The second kappa shape index (κ2) is 5.75. The summed E-state index contributed by atoms with van der Waals surface area (Å²) >= 11 is 0. The average molecular weight is 301 g/mol. The van der Waals surface area contributed by atoms with Gasteiger partial charge in [0.25, 0.3) is 0 Å². The summed E-state index contributed by atoms with van der Waals surface area (Å²) in [4.78, 5) is 36.3. The Balaban J connectivity index is 2.18. The minimum Gasteiger partial charge on any atom is -0.444 e. The smallest absolute Gasteiger partial charge is 0.408 e. The third-order valence-electron chi connectivity index (χ3n) is 3.19. The third kappa shape index (κ3) is 3.42.